The number of methoxy groups -OCH3 is 3. The fourth-order valence-corrected chi connectivity index (χ4v) is 2.65. The molecule has 1 aliphatic heterocycles. The highest BCUT2D eigenvalue weighted by Gasteiger charge is 2.18. The van der Waals surface area contributed by atoms with Gasteiger partial charge in [0.1, 0.15) is 5.75 Å². The van der Waals surface area contributed by atoms with Crippen molar-refractivity contribution in [1.29, 1.82) is 0 Å². The van der Waals surface area contributed by atoms with Crippen molar-refractivity contribution in [3.8, 4) is 17.2 Å². The van der Waals surface area contributed by atoms with Crippen LogP contribution in [0.15, 0.2) is 12.1 Å². The molecule has 0 bridgehead atoms. The first kappa shape index (κ1) is 19.4. The molecule has 1 unspecified atom stereocenters. The molecule has 23 heavy (non-hydrogen) atoms. The number of carbonyl (C=O) groups is 1. The average Bonchev–Trinajstić information content (AvgIpc) is 3.06. The molecule has 0 aromatic heterocycles. The number of hydrogen-bond acceptors (Lipinski definition) is 5. The van der Waals surface area contributed by atoms with Gasteiger partial charge < -0.3 is 24.8 Å². The van der Waals surface area contributed by atoms with E-state index in [0.29, 0.717) is 35.3 Å². The molecule has 1 aromatic carbocycles. The molecular weight excluding hydrogens is 320 g/mol. The quantitative estimate of drug-likeness (QED) is 0.790. The Kier molecular flexibility index (Phi) is 7.98. The largest absolute Gasteiger partial charge is 0.496 e. The molecular formula is C16H25ClN2O4. The first-order valence-electron chi connectivity index (χ1n) is 7.48. The maximum absolute atomic E-state index is 12.4. The van der Waals surface area contributed by atoms with Crippen LogP contribution in [-0.4, -0.2) is 46.9 Å². The molecule has 130 valence electrons. The summed E-state index contributed by atoms with van der Waals surface area (Å²) < 4.78 is 15.7. The van der Waals surface area contributed by atoms with Crippen LogP contribution in [0, 0.1) is 5.92 Å². The van der Waals surface area contributed by atoms with E-state index in [4.69, 9.17) is 14.2 Å². The number of amides is 1. The Morgan fingerprint density at radius 2 is 1.83 bits per heavy atom. The summed E-state index contributed by atoms with van der Waals surface area (Å²) in [6.07, 6.45) is 2.16. The van der Waals surface area contributed by atoms with E-state index >= 15 is 0 Å². The van der Waals surface area contributed by atoms with Gasteiger partial charge in [-0.05, 0) is 31.8 Å². The smallest absolute Gasteiger partial charge is 0.255 e. The Morgan fingerprint density at radius 3 is 2.39 bits per heavy atom. The number of benzene rings is 1. The summed E-state index contributed by atoms with van der Waals surface area (Å²) in [7, 11) is 4.62. The monoisotopic (exact) mass is 344 g/mol. The molecule has 0 radical (unpaired) electrons. The second kappa shape index (κ2) is 9.47. The van der Waals surface area contributed by atoms with Crippen LogP contribution in [0.4, 0.5) is 0 Å². The van der Waals surface area contributed by atoms with E-state index in [-0.39, 0.29) is 18.3 Å². The highest BCUT2D eigenvalue weighted by Crippen LogP contribution is 2.34. The summed E-state index contributed by atoms with van der Waals surface area (Å²) in [5, 5.41) is 6.27. The predicted octanol–water partition coefficient (Wildman–Crippen LogP) is 1.86. The number of ether oxygens (including phenoxy) is 3. The van der Waals surface area contributed by atoms with E-state index in [2.05, 4.69) is 10.6 Å². The van der Waals surface area contributed by atoms with Gasteiger partial charge in [-0.2, -0.15) is 0 Å². The first-order chi connectivity index (χ1) is 10.7. The zero-order valence-corrected chi connectivity index (χ0v) is 14.6. The lowest BCUT2D eigenvalue weighted by atomic mass is 10.1. The number of nitrogens with one attached hydrogen (secondary N) is 2. The van der Waals surface area contributed by atoms with Crippen molar-refractivity contribution >= 4 is 18.3 Å². The standard InChI is InChI=1S/C16H24N2O4.ClH/c1-20-13-9-15(22-3)14(21-2)8-12(13)16(19)18-7-5-11-4-6-17-10-11;/h8-9,11,17H,4-7,10H2,1-3H3,(H,18,19);1H. The molecule has 1 fully saturated rings. The van der Waals surface area contributed by atoms with Crippen molar-refractivity contribution in [2.24, 2.45) is 5.92 Å². The summed E-state index contributed by atoms with van der Waals surface area (Å²) in [5.41, 5.74) is 0.449. The van der Waals surface area contributed by atoms with Gasteiger partial charge in [-0.3, -0.25) is 4.79 Å². The predicted molar refractivity (Wildman–Crippen MR) is 91.3 cm³/mol. The molecule has 6 nitrogen and oxygen atoms in total. The third-order valence-electron chi connectivity index (χ3n) is 3.95. The maximum Gasteiger partial charge on any atom is 0.255 e. The minimum absolute atomic E-state index is 0. The minimum Gasteiger partial charge on any atom is -0.496 e. The van der Waals surface area contributed by atoms with Crippen LogP contribution in [0.3, 0.4) is 0 Å². The van der Waals surface area contributed by atoms with E-state index in [1.165, 1.54) is 13.5 Å². The number of hydrogen-bond donors (Lipinski definition) is 2. The molecule has 1 atom stereocenters. The van der Waals surface area contributed by atoms with E-state index in [0.717, 1.165) is 19.5 Å². The van der Waals surface area contributed by atoms with E-state index < -0.39 is 0 Å². The Labute approximate surface area is 143 Å². The van der Waals surface area contributed by atoms with Gasteiger partial charge in [0.05, 0.1) is 26.9 Å². The fourth-order valence-electron chi connectivity index (χ4n) is 2.65. The van der Waals surface area contributed by atoms with Gasteiger partial charge in [-0.1, -0.05) is 0 Å². The van der Waals surface area contributed by atoms with Crippen LogP contribution >= 0.6 is 12.4 Å². The summed E-state index contributed by atoms with van der Waals surface area (Å²) in [6.45, 7) is 2.76. The highest BCUT2D eigenvalue weighted by atomic mass is 35.5. The van der Waals surface area contributed by atoms with Crippen molar-refractivity contribution in [3.05, 3.63) is 17.7 Å². The number of halogens is 1. The molecule has 2 N–H and O–H groups in total. The van der Waals surface area contributed by atoms with Crippen LogP contribution < -0.4 is 24.8 Å². The van der Waals surface area contributed by atoms with Gasteiger partial charge in [0.2, 0.25) is 0 Å². The van der Waals surface area contributed by atoms with Gasteiger partial charge in [-0.15, -0.1) is 12.4 Å². The number of rotatable bonds is 7. The van der Waals surface area contributed by atoms with E-state index in [1.54, 1.807) is 26.4 Å². The Balaban J connectivity index is 0.00000264. The van der Waals surface area contributed by atoms with Crippen molar-refractivity contribution < 1.29 is 19.0 Å². The molecule has 0 spiro atoms. The lowest BCUT2D eigenvalue weighted by Crippen LogP contribution is -2.27. The Hall–Kier alpha value is -1.66. The molecule has 1 amide bonds. The lowest BCUT2D eigenvalue weighted by Gasteiger charge is -2.14. The van der Waals surface area contributed by atoms with E-state index in [9.17, 15) is 4.79 Å². The van der Waals surface area contributed by atoms with Gasteiger partial charge >= 0.3 is 0 Å². The van der Waals surface area contributed by atoms with Gasteiger partial charge in [0.15, 0.2) is 11.5 Å². The van der Waals surface area contributed by atoms with Crippen LogP contribution in [0.25, 0.3) is 0 Å². The van der Waals surface area contributed by atoms with Crippen molar-refractivity contribution in [2.75, 3.05) is 41.0 Å². The topological polar surface area (TPSA) is 68.8 Å². The van der Waals surface area contributed by atoms with Gasteiger partial charge in [-0.25, -0.2) is 0 Å². The minimum atomic E-state index is -0.163. The van der Waals surface area contributed by atoms with Crippen LogP contribution in [0.2, 0.25) is 0 Å². The molecule has 0 saturated carbocycles. The third-order valence-corrected chi connectivity index (χ3v) is 3.95. The van der Waals surface area contributed by atoms with Crippen LogP contribution in [0.5, 0.6) is 17.2 Å². The fraction of sp³-hybridized carbons (Fsp3) is 0.562. The average molecular weight is 345 g/mol. The summed E-state index contributed by atoms with van der Waals surface area (Å²) in [5.74, 6) is 2.00. The molecule has 1 heterocycles. The zero-order valence-electron chi connectivity index (χ0n) is 13.8. The lowest BCUT2D eigenvalue weighted by molar-refractivity contribution is 0.0948. The van der Waals surface area contributed by atoms with E-state index in [1.807, 2.05) is 0 Å². The summed E-state index contributed by atoms with van der Waals surface area (Å²) in [4.78, 5) is 12.4. The van der Waals surface area contributed by atoms with Crippen molar-refractivity contribution in [1.82, 2.24) is 10.6 Å². The second-order valence-electron chi connectivity index (χ2n) is 5.31. The molecule has 1 saturated heterocycles. The summed E-state index contributed by atoms with van der Waals surface area (Å²) >= 11 is 0. The third kappa shape index (κ3) is 4.91. The Bertz CT molecular complexity index is 519. The maximum atomic E-state index is 12.4. The molecule has 1 aliphatic rings. The van der Waals surface area contributed by atoms with Crippen molar-refractivity contribution in [2.45, 2.75) is 12.8 Å². The second-order valence-corrected chi connectivity index (χ2v) is 5.31. The molecule has 2 rings (SSSR count). The molecule has 0 aliphatic carbocycles. The van der Waals surface area contributed by atoms with Gasteiger partial charge in [0.25, 0.3) is 5.91 Å². The normalized spacial score (nSPS) is 16.4. The van der Waals surface area contributed by atoms with Crippen LogP contribution in [0.1, 0.15) is 23.2 Å². The first-order valence-corrected chi connectivity index (χ1v) is 7.48. The molecule has 7 heteroatoms. The van der Waals surface area contributed by atoms with Gasteiger partial charge in [0, 0.05) is 18.7 Å². The molecule has 1 aromatic rings. The van der Waals surface area contributed by atoms with Crippen LogP contribution in [-0.2, 0) is 0 Å². The zero-order chi connectivity index (χ0) is 15.9. The van der Waals surface area contributed by atoms with Crippen molar-refractivity contribution in [3.63, 3.8) is 0 Å². The number of carbonyl (C=O) groups excluding carboxylic acids is 1. The summed E-state index contributed by atoms with van der Waals surface area (Å²) in [6, 6.07) is 3.30. The SMILES string of the molecule is COc1cc(OC)c(C(=O)NCCC2CCNC2)cc1OC.Cl. The highest BCUT2D eigenvalue weighted by molar-refractivity contribution is 5.97. The Morgan fingerprint density at radius 1 is 1.17 bits per heavy atom.